The zero-order valence-corrected chi connectivity index (χ0v) is 14.8. The number of nitrogens with zero attached hydrogens (tertiary/aromatic N) is 1. The highest BCUT2D eigenvalue weighted by Crippen LogP contribution is 2.35. The zero-order valence-electron chi connectivity index (χ0n) is 14.8. The van der Waals surface area contributed by atoms with Crippen LogP contribution in [-0.4, -0.2) is 51.1 Å². The summed E-state index contributed by atoms with van der Waals surface area (Å²) in [5.41, 5.74) is -2.00. The molecule has 132 valence electrons. The fourth-order valence-electron chi connectivity index (χ4n) is 2.99. The van der Waals surface area contributed by atoms with Gasteiger partial charge in [-0.1, -0.05) is 18.2 Å². The molecule has 23 heavy (non-hydrogen) atoms. The summed E-state index contributed by atoms with van der Waals surface area (Å²) >= 11 is 0. The van der Waals surface area contributed by atoms with Gasteiger partial charge in [0.15, 0.2) is 0 Å². The summed E-state index contributed by atoms with van der Waals surface area (Å²) in [5, 5.41) is 21.6. The molecule has 0 aromatic rings. The second kappa shape index (κ2) is 7.97. The lowest BCUT2D eigenvalue weighted by molar-refractivity contribution is -0.114. The average Bonchev–Trinajstić information content (AvgIpc) is 2.93. The average molecular weight is 325 g/mol. The lowest BCUT2D eigenvalue weighted by Crippen LogP contribution is -2.58. The third-order valence-electron chi connectivity index (χ3n) is 4.11. The largest absolute Gasteiger partial charge is 0.444 e. The van der Waals surface area contributed by atoms with Crippen molar-refractivity contribution in [3.63, 3.8) is 0 Å². The number of aliphatic hydroxyl groups is 2. The first-order chi connectivity index (χ1) is 10.7. The van der Waals surface area contributed by atoms with Crippen LogP contribution in [-0.2, 0) is 4.74 Å². The number of carbonyl (C=O) groups is 1. The van der Waals surface area contributed by atoms with Crippen molar-refractivity contribution in [2.24, 2.45) is 0 Å². The van der Waals surface area contributed by atoms with Gasteiger partial charge < -0.3 is 19.8 Å². The van der Waals surface area contributed by atoms with E-state index in [1.165, 1.54) is 0 Å². The van der Waals surface area contributed by atoms with E-state index >= 15 is 0 Å². The van der Waals surface area contributed by atoms with Gasteiger partial charge in [-0.15, -0.1) is 6.58 Å². The van der Waals surface area contributed by atoms with E-state index in [-0.39, 0.29) is 12.8 Å². The Labute approximate surface area is 139 Å². The van der Waals surface area contributed by atoms with E-state index in [2.05, 4.69) is 6.58 Å². The molecule has 0 bridgehead atoms. The molecule has 1 rings (SSSR count). The number of amides is 1. The SMILES string of the molecule is C=CCC(O)[C@](O)(C/C=C\C)[C@@H]1CCCN1C(=O)OC(C)(C)C. The number of allylic oxidation sites excluding steroid dienone is 1. The minimum Gasteiger partial charge on any atom is -0.444 e. The fourth-order valence-corrected chi connectivity index (χ4v) is 2.99. The number of ether oxygens (including phenoxy) is 1. The molecular weight excluding hydrogens is 294 g/mol. The maximum atomic E-state index is 12.4. The minimum absolute atomic E-state index is 0.271. The van der Waals surface area contributed by atoms with Gasteiger partial charge in [-0.2, -0.15) is 0 Å². The summed E-state index contributed by atoms with van der Waals surface area (Å²) in [4.78, 5) is 14.0. The normalized spacial score (nSPS) is 22.9. The molecule has 0 saturated carbocycles. The van der Waals surface area contributed by atoms with Gasteiger partial charge in [0.2, 0.25) is 0 Å². The Morgan fingerprint density at radius 2 is 2.13 bits per heavy atom. The molecule has 0 spiro atoms. The van der Waals surface area contributed by atoms with E-state index in [0.717, 1.165) is 6.42 Å². The van der Waals surface area contributed by atoms with Gasteiger partial charge in [0.25, 0.3) is 0 Å². The van der Waals surface area contributed by atoms with Crippen molar-refractivity contribution in [1.29, 1.82) is 0 Å². The number of aliphatic hydroxyl groups excluding tert-OH is 1. The highest BCUT2D eigenvalue weighted by atomic mass is 16.6. The molecule has 1 amide bonds. The lowest BCUT2D eigenvalue weighted by Gasteiger charge is -2.41. The van der Waals surface area contributed by atoms with Crippen LogP contribution in [0.25, 0.3) is 0 Å². The summed E-state index contributed by atoms with van der Waals surface area (Å²) in [7, 11) is 0. The van der Waals surface area contributed by atoms with E-state index in [1.807, 2.05) is 39.8 Å². The van der Waals surface area contributed by atoms with E-state index in [0.29, 0.717) is 13.0 Å². The Morgan fingerprint density at radius 3 is 2.65 bits per heavy atom. The summed E-state index contributed by atoms with van der Waals surface area (Å²) in [6.45, 7) is 11.5. The van der Waals surface area contributed by atoms with Crippen LogP contribution in [0, 0.1) is 0 Å². The molecule has 0 radical (unpaired) electrons. The Morgan fingerprint density at radius 1 is 1.48 bits per heavy atom. The predicted octanol–water partition coefficient (Wildman–Crippen LogP) is 3.02. The van der Waals surface area contributed by atoms with E-state index in [9.17, 15) is 15.0 Å². The second-order valence-corrected chi connectivity index (χ2v) is 7.14. The first-order valence-electron chi connectivity index (χ1n) is 8.28. The molecule has 1 unspecified atom stereocenters. The Hall–Kier alpha value is -1.33. The van der Waals surface area contributed by atoms with Crippen molar-refractivity contribution in [3.05, 3.63) is 24.8 Å². The minimum atomic E-state index is -1.41. The third-order valence-corrected chi connectivity index (χ3v) is 4.11. The summed E-state index contributed by atoms with van der Waals surface area (Å²) < 4.78 is 5.45. The van der Waals surface area contributed by atoms with Crippen molar-refractivity contribution in [1.82, 2.24) is 4.90 Å². The van der Waals surface area contributed by atoms with Crippen LogP contribution in [0.5, 0.6) is 0 Å². The summed E-state index contributed by atoms with van der Waals surface area (Å²) in [5.74, 6) is 0. The van der Waals surface area contributed by atoms with Crippen molar-refractivity contribution >= 4 is 6.09 Å². The molecule has 0 aromatic carbocycles. The lowest BCUT2D eigenvalue weighted by atomic mass is 9.82. The molecule has 3 atom stereocenters. The highest BCUT2D eigenvalue weighted by Gasteiger charge is 2.48. The summed E-state index contributed by atoms with van der Waals surface area (Å²) in [6, 6.07) is -0.469. The van der Waals surface area contributed by atoms with Crippen molar-refractivity contribution < 1.29 is 19.7 Å². The monoisotopic (exact) mass is 325 g/mol. The van der Waals surface area contributed by atoms with Crippen LogP contribution in [0.15, 0.2) is 24.8 Å². The molecule has 0 aromatic heterocycles. The molecule has 5 heteroatoms. The third kappa shape index (κ3) is 5.08. The first kappa shape index (κ1) is 19.7. The van der Waals surface area contributed by atoms with Gasteiger partial charge in [0, 0.05) is 6.54 Å². The van der Waals surface area contributed by atoms with Crippen LogP contribution in [0.1, 0.15) is 53.4 Å². The summed E-state index contributed by atoms with van der Waals surface area (Å²) in [6.07, 6.45) is 5.78. The molecule has 5 nitrogen and oxygen atoms in total. The van der Waals surface area contributed by atoms with Crippen LogP contribution < -0.4 is 0 Å². The Kier molecular flexibility index (Phi) is 6.84. The number of carbonyl (C=O) groups excluding carboxylic acids is 1. The predicted molar refractivity (Wildman–Crippen MR) is 91.2 cm³/mol. The van der Waals surface area contributed by atoms with Crippen molar-refractivity contribution in [2.45, 2.75) is 76.7 Å². The van der Waals surface area contributed by atoms with Crippen LogP contribution in [0.2, 0.25) is 0 Å². The van der Waals surface area contributed by atoms with E-state index in [4.69, 9.17) is 4.74 Å². The smallest absolute Gasteiger partial charge is 0.410 e. The van der Waals surface area contributed by atoms with E-state index < -0.39 is 29.4 Å². The quantitative estimate of drug-likeness (QED) is 0.737. The van der Waals surface area contributed by atoms with Crippen molar-refractivity contribution in [2.75, 3.05) is 6.54 Å². The molecule has 1 saturated heterocycles. The maximum absolute atomic E-state index is 12.4. The number of rotatable bonds is 6. The van der Waals surface area contributed by atoms with Crippen LogP contribution in [0.4, 0.5) is 4.79 Å². The van der Waals surface area contributed by atoms with E-state index in [1.54, 1.807) is 11.0 Å². The van der Waals surface area contributed by atoms with Gasteiger partial charge in [-0.25, -0.2) is 4.79 Å². The number of likely N-dealkylation sites (tertiary alicyclic amines) is 1. The number of hydrogen-bond donors (Lipinski definition) is 2. The molecule has 1 aliphatic heterocycles. The standard InChI is InChI=1S/C18H31NO4/c1-6-8-12-18(22,15(20)10-7-2)14-11-9-13-19(14)16(21)23-17(3,4)5/h6-8,14-15,20,22H,2,9-13H2,1,3-5H3/b8-6-/t14-,15?,18-/m0/s1. The van der Waals surface area contributed by atoms with Crippen LogP contribution in [0.3, 0.4) is 0 Å². The second-order valence-electron chi connectivity index (χ2n) is 7.14. The molecular formula is C18H31NO4. The maximum Gasteiger partial charge on any atom is 0.410 e. The topological polar surface area (TPSA) is 70.0 Å². The molecule has 1 fully saturated rings. The van der Waals surface area contributed by atoms with Gasteiger partial charge >= 0.3 is 6.09 Å². The van der Waals surface area contributed by atoms with Gasteiger partial charge in [-0.05, 0) is 53.4 Å². The fraction of sp³-hybridized carbons (Fsp3) is 0.722. The van der Waals surface area contributed by atoms with Gasteiger partial charge in [0.05, 0.1) is 12.1 Å². The number of hydrogen-bond acceptors (Lipinski definition) is 4. The Bertz CT molecular complexity index is 441. The first-order valence-corrected chi connectivity index (χ1v) is 8.28. The highest BCUT2D eigenvalue weighted by molar-refractivity contribution is 5.69. The van der Waals surface area contributed by atoms with Crippen LogP contribution >= 0.6 is 0 Å². The zero-order chi connectivity index (χ0) is 17.7. The van der Waals surface area contributed by atoms with Crippen molar-refractivity contribution in [3.8, 4) is 0 Å². The molecule has 0 aliphatic carbocycles. The molecule has 1 aliphatic rings. The molecule has 1 heterocycles. The van der Waals surface area contributed by atoms with Gasteiger partial charge in [0.1, 0.15) is 11.2 Å². The van der Waals surface area contributed by atoms with Gasteiger partial charge in [-0.3, -0.25) is 0 Å². The molecule has 2 N–H and O–H groups in total. The Balaban J connectivity index is 3.03.